The van der Waals surface area contributed by atoms with Gasteiger partial charge in [-0.15, -0.1) is 11.3 Å². The van der Waals surface area contributed by atoms with E-state index in [4.69, 9.17) is 5.84 Å². The number of nitrogens with one attached hydrogen (secondary N) is 2. The van der Waals surface area contributed by atoms with E-state index in [1.165, 1.54) is 0 Å². The Balaban J connectivity index is 2.01. The van der Waals surface area contributed by atoms with Gasteiger partial charge in [0.25, 0.3) is 0 Å². The first-order valence-electron chi connectivity index (χ1n) is 6.07. The number of aryl methyl sites for hydroxylation is 2. The van der Waals surface area contributed by atoms with E-state index in [1.54, 1.807) is 11.3 Å². The molecule has 0 radical (unpaired) electrons. The van der Waals surface area contributed by atoms with E-state index in [1.807, 2.05) is 20.8 Å². The number of nitrogens with two attached hydrogens (primary N) is 1. The fourth-order valence-corrected chi connectivity index (χ4v) is 2.42. The first kappa shape index (κ1) is 13.7. The van der Waals surface area contributed by atoms with Crippen molar-refractivity contribution < 1.29 is 0 Å². The van der Waals surface area contributed by atoms with Crippen LogP contribution < -0.4 is 16.6 Å². The van der Waals surface area contributed by atoms with Crippen molar-refractivity contribution in [3.05, 3.63) is 27.5 Å². The predicted molar refractivity (Wildman–Crippen MR) is 78.4 cm³/mol. The molecule has 6 nitrogen and oxygen atoms in total. The summed E-state index contributed by atoms with van der Waals surface area (Å²) in [7, 11) is 0. The zero-order valence-corrected chi connectivity index (χ0v) is 12.1. The Morgan fingerprint density at radius 1 is 1.16 bits per heavy atom. The highest BCUT2D eigenvalue weighted by atomic mass is 32.1. The number of hydrazine groups is 1. The summed E-state index contributed by atoms with van der Waals surface area (Å²) in [6, 6.07) is 0. The summed E-state index contributed by atoms with van der Waals surface area (Å²) < 4.78 is 0. The minimum atomic E-state index is 0.652. The summed E-state index contributed by atoms with van der Waals surface area (Å²) in [6.45, 7) is 6.57. The number of nitrogens with zero attached hydrogens (tertiary/aromatic N) is 3. The number of anilines is 2. The largest absolute Gasteiger partial charge is 0.369 e. The Morgan fingerprint density at radius 2 is 1.89 bits per heavy atom. The zero-order valence-electron chi connectivity index (χ0n) is 11.3. The summed E-state index contributed by atoms with van der Waals surface area (Å²) >= 11 is 1.67. The summed E-state index contributed by atoms with van der Waals surface area (Å²) in [5.41, 5.74) is 4.61. The molecule has 4 N–H and O–H groups in total. The summed E-state index contributed by atoms with van der Waals surface area (Å²) in [5.74, 6) is 7.58. The third-order valence-electron chi connectivity index (χ3n) is 2.73. The Morgan fingerprint density at radius 3 is 2.53 bits per heavy atom. The highest BCUT2D eigenvalue weighted by Crippen LogP contribution is 2.18. The molecule has 0 aliphatic rings. The van der Waals surface area contributed by atoms with Crippen LogP contribution in [0.1, 0.15) is 22.1 Å². The molecule has 0 unspecified atom stereocenters. The van der Waals surface area contributed by atoms with E-state index in [9.17, 15) is 0 Å². The smallest absolute Gasteiger partial charge is 0.148 e. The fourth-order valence-electron chi connectivity index (χ4n) is 1.77. The lowest BCUT2D eigenvalue weighted by molar-refractivity contribution is 0.941. The second-order valence-corrected chi connectivity index (χ2v) is 5.33. The van der Waals surface area contributed by atoms with E-state index in [2.05, 4.69) is 31.1 Å². The topological polar surface area (TPSA) is 88.8 Å². The van der Waals surface area contributed by atoms with Crippen LogP contribution >= 0.6 is 11.3 Å². The molecule has 2 heterocycles. The van der Waals surface area contributed by atoms with Crippen LogP contribution in [0.5, 0.6) is 0 Å². The highest BCUT2D eigenvalue weighted by molar-refractivity contribution is 7.09. The lowest BCUT2D eigenvalue weighted by Gasteiger charge is -2.11. The molecule has 0 atom stereocenters. The van der Waals surface area contributed by atoms with E-state index >= 15 is 0 Å². The van der Waals surface area contributed by atoms with Crippen molar-refractivity contribution in [1.82, 2.24) is 15.0 Å². The SMILES string of the molecule is Cc1nc(NN)c(C)c(NCCc2csc(C)n2)n1. The normalized spacial score (nSPS) is 10.5. The lowest BCUT2D eigenvalue weighted by atomic mass is 10.3. The number of aromatic nitrogens is 3. The van der Waals surface area contributed by atoms with E-state index in [-0.39, 0.29) is 0 Å². The van der Waals surface area contributed by atoms with Crippen LogP contribution in [-0.4, -0.2) is 21.5 Å². The number of nitrogen functional groups attached to an aromatic ring is 1. The second kappa shape index (κ2) is 5.94. The van der Waals surface area contributed by atoms with Gasteiger partial charge in [-0.2, -0.15) is 0 Å². The first-order chi connectivity index (χ1) is 9.10. The van der Waals surface area contributed by atoms with Gasteiger partial charge in [-0.25, -0.2) is 20.8 Å². The third kappa shape index (κ3) is 3.39. The Hall–Kier alpha value is -1.73. The average molecular weight is 278 g/mol. The Labute approximate surface area is 116 Å². The van der Waals surface area contributed by atoms with Crippen molar-refractivity contribution in [1.29, 1.82) is 0 Å². The number of thiazole rings is 1. The van der Waals surface area contributed by atoms with Crippen molar-refractivity contribution in [2.75, 3.05) is 17.3 Å². The van der Waals surface area contributed by atoms with Crippen LogP contribution in [-0.2, 0) is 6.42 Å². The minimum absolute atomic E-state index is 0.652. The molecular formula is C12H18N6S. The van der Waals surface area contributed by atoms with E-state index in [0.717, 1.165) is 35.0 Å². The molecule has 2 aromatic rings. The molecule has 2 aromatic heterocycles. The molecule has 0 spiro atoms. The maximum absolute atomic E-state index is 5.43. The standard InChI is InChI=1S/C12H18N6S/c1-7-11(15-8(2)16-12(7)18-13)14-5-4-10-6-19-9(3)17-10/h6H,4-5,13H2,1-3H3,(H2,14,15,16,18). The molecule has 0 amide bonds. The molecule has 0 saturated carbocycles. The van der Waals surface area contributed by atoms with Crippen molar-refractivity contribution in [2.45, 2.75) is 27.2 Å². The van der Waals surface area contributed by atoms with Gasteiger partial charge in [0.1, 0.15) is 17.5 Å². The zero-order chi connectivity index (χ0) is 13.8. The maximum atomic E-state index is 5.43. The Kier molecular flexibility index (Phi) is 4.28. The van der Waals surface area contributed by atoms with Gasteiger partial charge in [-0.1, -0.05) is 0 Å². The average Bonchev–Trinajstić information content (AvgIpc) is 2.79. The quantitative estimate of drug-likeness (QED) is 0.571. The first-order valence-corrected chi connectivity index (χ1v) is 6.95. The fraction of sp³-hybridized carbons (Fsp3) is 0.417. The van der Waals surface area contributed by atoms with Crippen molar-refractivity contribution in [3.63, 3.8) is 0 Å². The van der Waals surface area contributed by atoms with E-state index in [0.29, 0.717) is 11.6 Å². The summed E-state index contributed by atoms with van der Waals surface area (Å²) in [6.07, 6.45) is 0.873. The molecule has 0 aliphatic heterocycles. The highest BCUT2D eigenvalue weighted by Gasteiger charge is 2.08. The van der Waals surface area contributed by atoms with Crippen molar-refractivity contribution >= 4 is 23.0 Å². The summed E-state index contributed by atoms with van der Waals surface area (Å²) in [4.78, 5) is 13.0. The van der Waals surface area contributed by atoms with Gasteiger partial charge < -0.3 is 10.7 Å². The lowest BCUT2D eigenvalue weighted by Crippen LogP contribution is -2.15. The molecule has 0 bridgehead atoms. The number of hydrogen-bond acceptors (Lipinski definition) is 7. The summed E-state index contributed by atoms with van der Waals surface area (Å²) in [5, 5.41) is 6.49. The van der Waals surface area contributed by atoms with Crippen LogP contribution in [0.4, 0.5) is 11.6 Å². The van der Waals surface area contributed by atoms with Gasteiger partial charge in [0, 0.05) is 23.9 Å². The van der Waals surface area contributed by atoms with Gasteiger partial charge in [0.15, 0.2) is 0 Å². The number of hydrogen-bond donors (Lipinski definition) is 3. The minimum Gasteiger partial charge on any atom is -0.369 e. The van der Waals surface area contributed by atoms with Crippen molar-refractivity contribution in [2.24, 2.45) is 5.84 Å². The monoisotopic (exact) mass is 278 g/mol. The maximum Gasteiger partial charge on any atom is 0.148 e. The molecule has 102 valence electrons. The van der Waals surface area contributed by atoms with Gasteiger partial charge in [0.05, 0.1) is 10.7 Å². The van der Waals surface area contributed by atoms with Gasteiger partial charge in [-0.3, -0.25) is 0 Å². The van der Waals surface area contributed by atoms with Crippen LogP contribution in [0.3, 0.4) is 0 Å². The molecule has 7 heteroatoms. The molecule has 0 aromatic carbocycles. The van der Waals surface area contributed by atoms with Crippen molar-refractivity contribution in [3.8, 4) is 0 Å². The van der Waals surface area contributed by atoms with Crippen LogP contribution in [0.2, 0.25) is 0 Å². The van der Waals surface area contributed by atoms with Gasteiger partial charge in [0.2, 0.25) is 0 Å². The van der Waals surface area contributed by atoms with E-state index < -0.39 is 0 Å². The van der Waals surface area contributed by atoms with Crippen LogP contribution in [0.25, 0.3) is 0 Å². The van der Waals surface area contributed by atoms with Crippen LogP contribution in [0.15, 0.2) is 5.38 Å². The van der Waals surface area contributed by atoms with Gasteiger partial charge >= 0.3 is 0 Å². The second-order valence-electron chi connectivity index (χ2n) is 4.27. The molecular weight excluding hydrogens is 260 g/mol. The molecule has 2 rings (SSSR count). The number of rotatable bonds is 5. The van der Waals surface area contributed by atoms with Gasteiger partial charge in [-0.05, 0) is 20.8 Å². The predicted octanol–water partition coefficient (Wildman–Crippen LogP) is 1.80. The molecule has 0 aliphatic carbocycles. The molecule has 0 saturated heterocycles. The Bertz CT molecular complexity index is 565. The third-order valence-corrected chi connectivity index (χ3v) is 3.56. The molecule has 0 fully saturated rings. The van der Waals surface area contributed by atoms with Crippen LogP contribution in [0, 0.1) is 20.8 Å². The molecule has 19 heavy (non-hydrogen) atoms.